The molecule has 178 valence electrons. The summed E-state index contributed by atoms with van der Waals surface area (Å²) in [5.74, 6) is -1.67. The highest BCUT2D eigenvalue weighted by Gasteiger charge is 2.18. The molecule has 0 saturated carbocycles. The van der Waals surface area contributed by atoms with Crippen molar-refractivity contribution >= 4 is 11.9 Å². The van der Waals surface area contributed by atoms with Crippen molar-refractivity contribution in [1.29, 1.82) is 0 Å². The van der Waals surface area contributed by atoms with E-state index in [1.807, 2.05) is 0 Å². The predicted octanol–water partition coefficient (Wildman–Crippen LogP) is 1.59. The van der Waals surface area contributed by atoms with Gasteiger partial charge in [-0.15, -0.1) is 0 Å². The van der Waals surface area contributed by atoms with Crippen LogP contribution in [0.3, 0.4) is 0 Å². The Morgan fingerprint density at radius 1 is 0.700 bits per heavy atom. The third-order valence-electron chi connectivity index (χ3n) is 5.06. The van der Waals surface area contributed by atoms with Gasteiger partial charge in [0.25, 0.3) is 0 Å². The van der Waals surface area contributed by atoms with Crippen molar-refractivity contribution in [2.75, 3.05) is 45.8 Å². The largest absolute Gasteiger partial charge is 0.480 e. The van der Waals surface area contributed by atoms with E-state index in [0.717, 1.165) is 32.7 Å². The number of hydrogen-bond acceptors (Lipinski definition) is 6. The number of rotatable bonds is 24. The van der Waals surface area contributed by atoms with Crippen LogP contribution in [0.5, 0.6) is 0 Å². The van der Waals surface area contributed by atoms with Gasteiger partial charge in [0.2, 0.25) is 5.91 Å². The fraction of sp³-hybridized carbons (Fsp3) is 0.909. The van der Waals surface area contributed by atoms with Crippen LogP contribution in [-0.4, -0.2) is 68.8 Å². The summed E-state index contributed by atoms with van der Waals surface area (Å²) in [6, 6.07) is -0.913. The molecule has 7 N–H and O–H groups in total. The molecule has 0 aromatic rings. The summed E-state index contributed by atoms with van der Waals surface area (Å²) in [4.78, 5) is 21.8. The number of amides is 1. The summed E-state index contributed by atoms with van der Waals surface area (Å²) in [7, 11) is 0. The van der Waals surface area contributed by atoms with E-state index in [1.54, 1.807) is 0 Å². The average molecular weight is 430 g/mol. The van der Waals surface area contributed by atoms with Gasteiger partial charge in [0, 0.05) is 39.3 Å². The molecule has 0 spiro atoms. The molecule has 0 aliphatic rings. The van der Waals surface area contributed by atoms with Gasteiger partial charge in [-0.25, -0.2) is 0 Å². The Morgan fingerprint density at radius 3 is 1.60 bits per heavy atom. The number of nitrogens with one attached hydrogen (secondary N) is 4. The van der Waals surface area contributed by atoms with E-state index >= 15 is 0 Å². The first-order chi connectivity index (χ1) is 14.6. The van der Waals surface area contributed by atoms with Crippen LogP contribution in [0.15, 0.2) is 0 Å². The second kappa shape index (κ2) is 22.5. The van der Waals surface area contributed by atoms with E-state index in [-0.39, 0.29) is 6.42 Å². The van der Waals surface area contributed by atoms with Crippen LogP contribution in [-0.2, 0) is 9.59 Å². The third-order valence-corrected chi connectivity index (χ3v) is 5.06. The summed E-state index contributed by atoms with van der Waals surface area (Å²) < 4.78 is 0. The topological polar surface area (TPSA) is 129 Å². The molecular weight excluding hydrogens is 382 g/mol. The molecule has 0 rings (SSSR count). The van der Waals surface area contributed by atoms with E-state index in [4.69, 9.17) is 10.8 Å². The Hall–Kier alpha value is -1.22. The van der Waals surface area contributed by atoms with Crippen molar-refractivity contribution in [3.05, 3.63) is 0 Å². The molecule has 1 unspecified atom stereocenters. The van der Waals surface area contributed by atoms with Crippen LogP contribution in [0, 0.1) is 0 Å². The average Bonchev–Trinajstić information content (AvgIpc) is 2.71. The Morgan fingerprint density at radius 2 is 1.13 bits per heavy atom. The number of carbonyl (C=O) groups excluding carboxylic acids is 1. The predicted molar refractivity (Wildman–Crippen MR) is 124 cm³/mol. The number of aliphatic carboxylic acids is 1. The summed E-state index contributed by atoms with van der Waals surface area (Å²) in [6.07, 6.45) is 13.5. The van der Waals surface area contributed by atoms with Gasteiger partial charge < -0.3 is 32.1 Å². The number of carbonyl (C=O) groups is 2. The monoisotopic (exact) mass is 429 g/mol. The standard InChI is InChI=1S/C22H47N5O3/c1-2-3-4-5-6-7-8-9-10-11-12-24-13-14-25-15-16-26-17-18-27-20(22(29)30)19-21(23)28/h20,24-27H,2-19H2,1H3,(H2,23,28)(H,29,30). The smallest absolute Gasteiger partial charge is 0.321 e. The van der Waals surface area contributed by atoms with Gasteiger partial charge in [-0.3, -0.25) is 9.59 Å². The first-order valence-electron chi connectivity index (χ1n) is 11.9. The van der Waals surface area contributed by atoms with E-state index < -0.39 is 17.9 Å². The molecule has 0 aliphatic heterocycles. The number of hydrogen-bond donors (Lipinski definition) is 6. The SMILES string of the molecule is CCCCCCCCCCCCNCCNCCNCCNC(CC(N)=O)C(=O)O. The third kappa shape index (κ3) is 21.5. The molecule has 0 bridgehead atoms. The van der Waals surface area contributed by atoms with Crippen molar-refractivity contribution in [2.24, 2.45) is 5.73 Å². The van der Waals surface area contributed by atoms with Gasteiger partial charge in [-0.2, -0.15) is 0 Å². The Labute approximate surface area is 183 Å². The number of nitrogens with two attached hydrogens (primary N) is 1. The van der Waals surface area contributed by atoms with Gasteiger partial charge in [0.15, 0.2) is 0 Å². The van der Waals surface area contributed by atoms with Gasteiger partial charge in [-0.05, 0) is 13.0 Å². The fourth-order valence-electron chi connectivity index (χ4n) is 3.25. The zero-order valence-corrected chi connectivity index (χ0v) is 19.1. The molecule has 0 fully saturated rings. The normalized spacial score (nSPS) is 12.2. The lowest BCUT2D eigenvalue weighted by Crippen LogP contribution is -2.43. The van der Waals surface area contributed by atoms with Crippen LogP contribution in [0.4, 0.5) is 0 Å². The molecular formula is C22H47N5O3. The molecule has 0 saturated heterocycles. The van der Waals surface area contributed by atoms with Crippen molar-refractivity contribution in [1.82, 2.24) is 21.3 Å². The highest BCUT2D eigenvalue weighted by molar-refractivity contribution is 5.83. The molecule has 8 nitrogen and oxygen atoms in total. The highest BCUT2D eigenvalue weighted by Crippen LogP contribution is 2.10. The molecule has 0 radical (unpaired) electrons. The number of primary amides is 1. The molecule has 1 amide bonds. The van der Waals surface area contributed by atoms with Gasteiger partial charge in [0.1, 0.15) is 6.04 Å². The molecule has 0 aromatic heterocycles. The lowest BCUT2D eigenvalue weighted by molar-refractivity contribution is -0.141. The van der Waals surface area contributed by atoms with Gasteiger partial charge in [0.05, 0.1) is 6.42 Å². The van der Waals surface area contributed by atoms with Crippen molar-refractivity contribution in [3.8, 4) is 0 Å². The first kappa shape index (κ1) is 28.8. The van der Waals surface area contributed by atoms with Crippen LogP contribution in [0.2, 0.25) is 0 Å². The van der Waals surface area contributed by atoms with Crippen molar-refractivity contribution in [3.63, 3.8) is 0 Å². The van der Waals surface area contributed by atoms with Crippen molar-refractivity contribution in [2.45, 2.75) is 83.6 Å². The zero-order valence-electron chi connectivity index (χ0n) is 19.1. The summed E-state index contributed by atoms with van der Waals surface area (Å²) in [6.45, 7) is 8.07. The molecule has 0 aromatic carbocycles. The Bertz CT molecular complexity index is 410. The van der Waals surface area contributed by atoms with Gasteiger partial charge >= 0.3 is 5.97 Å². The second-order valence-corrected chi connectivity index (χ2v) is 7.95. The minimum absolute atomic E-state index is 0.191. The summed E-state index contributed by atoms with van der Waals surface area (Å²) >= 11 is 0. The molecule has 8 heteroatoms. The summed E-state index contributed by atoms with van der Waals surface area (Å²) in [5, 5.41) is 21.9. The first-order valence-corrected chi connectivity index (χ1v) is 11.9. The van der Waals surface area contributed by atoms with Crippen LogP contribution < -0.4 is 27.0 Å². The molecule has 30 heavy (non-hydrogen) atoms. The highest BCUT2D eigenvalue weighted by atomic mass is 16.4. The Kier molecular flexibility index (Phi) is 21.6. The van der Waals surface area contributed by atoms with Crippen molar-refractivity contribution < 1.29 is 14.7 Å². The van der Waals surface area contributed by atoms with E-state index in [9.17, 15) is 9.59 Å². The molecule has 0 aliphatic carbocycles. The van der Waals surface area contributed by atoms with Gasteiger partial charge in [-0.1, -0.05) is 64.7 Å². The van der Waals surface area contributed by atoms with Crippen LogP contribution >= 0.6 is 0 Å². The number of carboxylic acids is 1. The maximum absolute atomic E-state index is 11.0. The lowest BCUT2D eigenvalue weighted by atomic mass is 10.1. The molecule has 0 heterocycles. The molecule has 1 atom stereocenters. The van der Waals surface area contributed by atoms with E-state index in [2.05, 4.69) is 28.2 Å². The second-order valence-electron chi connectivity index (χ2n) is 7.95. The van der Waals surface area contributed by atoms with E-state index in [1.165, 1.54) is 64.2 Å². The minimum Gasteiger partial charge on any atom is -0.480 e. The minimum atomic E-state index is -1.05. The maximum atomic E-state index is 11.0. The lowest BCUT2D eigenvalue weighted by Gasteiger charge is -2.13. The Balaban J connectivity index is 3.21. The maximum Gasteiger partial charge on any atom is 0.321 e. The van der Waals surface area contributed by atoms with E-state index in [0.29, 0.717) is 13.1 Å². The fourth-order valence-corrected chi connectivity index (χ4v) is 3.25. The number of carboxylic acid groups (broad SMARTS) is 1. The van der Waals surface area contributed by atoms with Crippen LogP contribution in [0.1, 0.15) is 77.6 Å². The zero-order chi connectivity index (χ0) is 22.3. The quantitative estimate of drug-likeness (QED) is 0.129. The number of unbranched alkanes of at least 4 members (excludes halogenated alkanes) is 9. The van der Waals surface area contributed by atoms with Crippen LogP contribution in [0.25, 0.3) is 0 Å². The summed E-state index contributed by atoms with van der Waals surface area (Å²) in [5.41, 5.74) is 5.04.